The third-order valence-electron chi connectivity index (χ3n) is 5.20. The van der Waals surface area contributed by atoms with Gasteiger partial charge in [-0.25, -0.2) is 14.5 Å². The van der Waals surface area contributed by atoms with Crippen molar-refractivity contribution in [1.82, 2.24) is 24.5 Å². The Bertz CT molecular complexity index is 1040. The quantitative estimate of drug-likeness (QED) is 0.550. The summed E-state index contributed by atoms with van der Waals surface area (Å²) in [6, 6.07) is 14.2. The van der Waals surface area contributed by atoms with E-state index in [9.17, 15) is 0 Å². The zero-order valence-corrected chi connectivity index (χ0v) is 16.3. The van der Waals surface area contributed by atoms with Gasteiger partial charge < -0.3 is 5.32 Å². The van der Waals surface area contributed by atoms with Gasteiger partial charge in [0.05, 0.1) is 18.4 Å². The molecule has 0 spiro atoms. The van der Waals surface area contributed by atoms with E-state index >= 15 is 0 Å². The fourth-order valence-corrected chi connectivity index (χ4v) is 4.36. The number of aromatic nitrogens is 4. The standard InChI is InChI=1S/C21H22N6S/c1-2-4-17(5-3-1)23-18-6-7-19-24-21(25-27(19)14-18)16-8-11-26(12-9-16)15-20-22-10-13-28-20/h1-7,10,13-14,16,23H,8-9,11-12,15H2. The zero-order chi connectivity index (χ0) is 18.8. The van der Waals surface area contributed by atoms with Crippen molar-refractivity contribution in [3.63, 3.8) is 0 Å². The Hall–Kier alpha value is -2.77. The van der Waals surface area contributed by atoms with E-state index in [2.05, 4.69) is 33.4 Å². The molecule has 4 heterocycles. The minimum Gasteiger partial charge on any atom is -0.354 e. The van der Waals surface area contributed by atoms with Crippen molar-refractivity contribution in [3.05, 3.63) is 71.1 Å². The molecule has 0 saturated carbocycles. The Balaban J connectivity index is 1.26. The van der Waals surface area contributed by atoms with Crippen molar-refractivity contribution < 1.29 is 0 Å². The fraction of sp³-hybridized carbons (Fsp3) is 0.286. The van der Waals surface area contributed by atoms with Crippen LogP contribution in [0.5, 0.6) is 0 Å². The van der Waals surface area contributed by atoms with Gasteiger partial charge in [-0.2, -0.15) is 5.10 Å². The van der Waals surface area contributed by atoms with Gasteiger partial charge in [0, 0.05) is 23.2 Å². The second-order valence-corrected chi connectivity index (χ2v) is 8.14. The van der Waals surface area contributed by atoms with Crippen molar-refractivity contribution in [2.75, 3.05) is 18.4 Å². The predicted molar refractivity (Wildman–Crippen MR) is 112 cm³/mol. The summed E-state index contributed by atoms with van der Waals surface area (Å²) in [6.07, 6.45) is 6.08. The molecule has 0 unspecified atom stereocenters. The molecule has 6 nitrogen and oxygen atoms in total. The van der Waals surface area contributed by atoms with E-state index in [1.54, 1.807) is 11.3 Å². The number of anilines is 2. The van der Waals surface area contributed by atoms with Gasteiger partial charge in [0.25, 0.3) is 0 Å². The lowest BCUT2D eigenvalue weighted by atomic mass is 9.96. The van der Waals surface area contributed by atoms with Crippen LogP contribution in [0.2, 0.25) is 0 Å². The minimum atomic E-state index is 0.429. The van der Waals surface area contributed by atoms with Gasteiger partial charge in [0.1, 0.15) is 5.01 Å². The number of pyridine rings is 1. The molecule has 7 heteroatoms. The molecule has 4 aromatic rings. The molecule has 3 aromatic heterocycles. The highest BCUT2D eigenvalue weighted by Crippen LogP contribution is 2.27. The number of hydrogen-bond acceptors (Lipinski definition) is 6. The molecule has 5 rings (SSSR count). The molecular formula is C21H22N6S. The number of para-hydroxylation sites is 1. The highest BCUT2D eigenvalue weighted by atomic mass is 32.1. The highest BCUT2D eigenvalue weighted by molar-refractivity contribution is 7.09. The number of piperidine rings is 1. The number of hydrogen-bond donors (Lipinski definition) is 1. The van der Waals surface area contributed by atoms with Crippen LogP contribution >= 0.6 is 11.3 Å². The molecule has 1 fully saturated rings. The summed E-state index contributed by atoms with van der Waals surface area (Å²) in [5.41, 5.74) is 2.97. The van der Waals surface area contributed by atoms with Crippen LogP contribution < -0.4 is 5.32 Å². The van der Waals surface area contributed by atoms with Gasteiger partial charge >= 0.3 is 0 Å². The lowest BCUT2D eigenvalue weighted by Crippen LogP contribution is -2.32. The molecule has 1 saturated heterocycles. The number of likely N-dealkylation sites (tertiary alicyclic amines) is 1. The third kappa shape index (κ3) is 3.76. The maximum Gasteiger partial charge on any atom is 0.155 e. The summed E-state index contributed by atoms with van der Waals surface area (Å²) < 4.78 is 1.89. The van der Waals surface area contributed by atoms with Crippen molar-refractivity contribution >= 4 is 28.4 Å². The largest absolute Gasteiger partial charge is 0.354 e. The van der Waals surface area contributed by atoms with E-state index in [1.807, 2.05) is 46.6 Å². The number of rotatable bonds is 5. The van der Waals surface area contributed by atoms with Crippen LogP contribution in [0.3, 0.4) is 0 Å². The second-order valence-electron chi connectivity index (χ2n) is 7.16. The maximum absolute atomic E-state index is 4.78. The van der Waals surface area contributed by atoms with Gasteiger partial charge in [-0.15, -0.1) is 11.3 Å². The van der Waals surface area contributed by atoms with Crippen molar-refractivity contribution in [2.24, 2.45) is 0 Å². The van der Waals surface area contributed by atoms with Crippen LogP contribution in [0.25, 0.3) is 5.65 Å². The summed E-state index contributed by atoms with van der Waals surface area (Å²) in [5, 5.41) is 11.4. The van der Waals surface area contributed by atoms with Gasteiger partial charge in [-0.05, 0) is 50.2 Å². The summed E-state index contributed by atoms with van der Waals surface area (Å²) in [6.45, 7) is 3.10. The molecule has 142 valence electrons. The minimum absolute atomic E-state index is 0.429. The predicted octanol–water partition coefficient (Wildman–Crippen LogP) is 4.31. The van der Waals surface area contributed by atoms with Crippen LogP contribution in [0.1, 0.15) is 29.6 Å². The summed E-state index contributed by atoms with van der Waals surface area (Å²) >= 11 is 1.73. The van der Waals surface area contributed by atoms with Gasteiger partial charge in [-0.1, -0.05) is 18.2 Å². The molecule has 0 bridgehead atoms. The SMILES string of the molecule is c1ccc(Nc2ccc3nc(C4CCN(Cc5nccs5)CC4)nn3c2)cc1. The van der Waals surface area contributed by atoms with Gasteiger partial charge in [0.15, 0.2) is 11.5 Å². The Kier molecular flexibility index (Phi) is 4.76. The van der Waals surface area contributed by atoms with E-state index < -0.39 is 0 Å². The first-order chi connectivity index (χ1) is 13.8. The van der Waals surface area contributed by atoms with Gasteiger partial charge in [0.2, 0.25) is 0 Å². The number of fused-ring (bicyclic) bond motifs is 1. The van der Waals surface area contributed by atoms with Crippen LogP contribution in [0, 0.1) is 0 Å². The van der Waals surface area contributed by atoms with E-state index in [0.717, 1.165) is 55.3 Å². The molecule has 1 aliphatic rings. The smallest absolute Gasteiger partial charge is 0.155 e. The Labute approximate surface area is 167 Å². The molecule has 0 atom stereocenters. The Morgan fingerprint density at radius 1 is 1.04 bits per heavy atom. The van der Waals surface area contributed by atoms with Crippen molar-refractivity contribution in [2.45, 2.75) is 25.3 Å². The van der Waals surface area contributed by atoms with Crippen LogP contribution in [0.15, 0.2) is 60.2 Å². The summed E-state index contributed by atoms with van der Waals surface area (Å²) in [7, 11) is 0. The number of nitrogens with one attached hydrogen (secondary N) is 1. The molecule has 1 aromatic carbocycles. The topological polar surface area (TPSA) is 58.4 Å². The normalized spacial score (nSPS) is 15.9. The molecule has 1 N–H and O–H groups in total. The average molecular weight is 391 g/mol. The maximum atomic E-state index is 4.78. The molecular weight excluding hydrogens is 368 g/mol. The highest BCUT2D eigenvalue weighted by Gasteiger charge is 2.24. The monoisotopic (exact) mass is 390 g/mol. The van der Waals surface area contributed by atoms with Crippen LogP contribution in [-0.2, 0) is 6.54 Å². The summed E-state index contributed by atoms with van der Waals surface area (Å²) in [4.78, 5) is 11.7. The molecule has 0 aliphatic carbocycles. The van der Waals surface area contributed by atoms with Crippen molar-refractivity contribution in [1.29, 1.82) is 0 Å². The first-order valence-corrected chi connectivity index (χ1v) is 10.5. The number of nitrogens with zero attached hydrogens (tertiary/aromatic N) is 5. The summed E-state index contributed by atoms with van der Waals surface area (Å²) in [5.74, 6) is 1.39. The second kappa shape index (κ2) is 7.69. The van der Waals surface area contributed by atoms with Gasteiger partial charge in [-0.3, -0.25) is 4.90 Å². The van der Waals surface area contributed by atoms with Crippen molar-refractivity contribution in [3.8, 4) is 0 Å². The first kappa shape index (κ1) is 17.3. The van der Waals surface area contributed by atoms with Crippen LogP contribution in [0.4, 0.5) is 11.4 Å². The molecule has 28 heavy (non-hydrogen) atoms. The molecule has 0 amide bonds. The van der Waals surface area contributed by atoms with Crippen LogP contribution in [-0.4, -0.2) is 37.6 Å². The van der Waals surface area contributed by atoms with E-state index in [4.69, 9.17) is 10.1 Å². The fourth-order valence-electron chi connectivity index (χ4n) is 3.71. The lowest BCUT2D eigenvalue weighted by Gasteiger charge is -2.29. The van der Waals surface area contributed by atoms with E-state index in [-0.39, 0.29) is 0 Å². The van der Waals surface area contributed by atoms with E-state index in [1.165, 1.54) is 5.01 Å². The molecule has 1 aliphatic heterocycles. The zero-order valence-electron chi connectivity index (χ0n) is 15.5. The van der Waals surface area contributed by atoms with E-state index in [0.29, 0.717) is 5.92 Å². The number of benzene rings is 1. The number of thiazole rings is 1. The molecule has 0 radical (unpaired) electrons. The lowest BCUT2D eigenvalue weighted by molar-refractivity contribution is 0.201. The third-order valence-corrected chi connectivity index (χ3v) is 5.97. The average Bonchev–Trinajstić information content (AvgIpc) is 3.39. The Morgan fingerprint density at radius 2 is 1.89 bits per heavy atom. The first-order valence-electron chi connectivity index (χ1n) is 9.63. The Morgan fingerprint density at radius 3 is 2.68 bits per heavy atom.